The highest BCUT2D eigenvalue weighted by Gasteiger charge is 2.05. The van der Waals surface area contributed by atoms with E-state index in [1.165, 1.54) is 6.07 Å². The molecule has 0 aliphatic carbocycles. The molecule has 0 atom stereocenters. The number of ether oxygens (including phenoxy) is 1. The number of para-hydroxylation sites is 1. The van der Waals surface area contributed by atoms with E-state index in [2.05, 4.69) is 0 Å². The Balaban J connectivity index is 0.00000144. The van der Waals surface area contributed by atoms with Gasteiger partial charge < -0.3 is 14.9 Å². The molecule has 0 bridgehead atoms. The van der Waals surface area contributed by atoms with Gasteiger partial charge in [0.05, 0.1) is 18.1 Å². The first-order valence-corrected chi connectivity index (χ1v) is 5.17. The van der Waals surface area contributed by atoms with Gasteiger partial charge in [-0.3, -0.25) is 0 Å². The van der Waals surface area contributed by atoms with Crippen molar-refractivity contribution < 1.29 is 9.15 Å². The fourth-order valence-corrected chi connectivity index (χ4v) is 1.47. The van der Waals surface area contributed by atoms with Gasteiger partial charge in [0.25, 0.3) is 0 Å². The molecular weight excluding hydrogens is 242 g/mol. The van der Waals surface area contributed by atoms with Crippen molar-refractivity contribution in [3.8, 4) is 5.75 Å². The van der Waals surface area contributed by atoms with E-state index in [0.717, 1.165) is 11.8 Å². The van der Waals surface area contributed by atoms with Crippen molar-refractivity contribution in [3.05, 3.63) is 40.8 Å². The second kappa shape index (κ2) is 6.27. The molecule has 5 heteroatoms. The molecule has 0 spiro atoms. The first-order chi connectivity index (χ1) is 7.81. The van der Waals surface area contributed by atoms with E-state index in [1.807, 2.05) is 18.2 Å². The molecule has 1 heterocycles. The molecule has 0 fully saturated rings. The van der Waals surface area contributed by atoms with Crippen molar-refractivity contribution >= 4 is 23.4 Å². The Bertz CT molecular complexity index is 539. The van der Waals surface area contributed by atoms with Crippen LogP contribution in [0.2, 0.25) is 0 Å². The Morgan fingerprint density at radius 1 is 1.29 bits per heavy atom. The van der Waals surface area contributed by atoms with Gasteiger partial charge in [0.15, 0.2) is 0 Å². The van der Waals surface area contributed by atoms with Crippen molar-refractivity contribution in [2.24, 2.45) is 5.73 Å². The topological polar surface area (TPSA) is 65.5 Å². The van der Waals surface area contributed by atoms with E-state index in [1.54, 1.807) is 6.07 Å². The first kappa shape index (κ1) is 13.5. The third kappa shape index (κ3) is 3.22. The highest BCUT2D eigenvalue weighted by molar-refractivity contribution is 5.85. The van der Waals surface area contributed by atoms with E-state index in [4.69, 9.17) is 14.9 Å². The minimum absolute atomic E-state index is 0. The van der Waals surface area contributed by atoms with Crippen LogP contribution in [0.4, 0.5) is 0 Å². The monoisotopic (exact) mass is 255 g/mol. The number of nitrogens with two attached hydrogens (primary N) is 1. The molecule has 0 radical (unpaired) electrons. The van der Waals surface area contributed by atoms with Gasteiger partial charge in [-0.05, 0) is 25.1 Å². The van der Waals surface area contributed by atoms with Gasteiger partial charge in [-0.15, -0.1) is 12.4 Å². The first-order valence-electron chi connectivity index (χ1n) is 5.17. The zero-order valence-corrected chi connectivity index (χ0v) is 10.0. The van der Waals surface area contributed by atoms with Crippen LogP contribution >= 0.6 is 12.4 Å². The molecule has 2 N–H and O–H groups in total. The van der Waals surface area contributed by atoms with Crippen molar-refractivity contribution in [3.63, 3.8) is 0 Å². The summed E-state index contributed by atoms with van der Waals surface area (Å²) >= 11 is 0. The number of fused-ring (bicyclic) bond motifs is 1. The molecule has 4 nitrogen and oxygen atoms in total. The van der Waals surface area contributed by atoms with E-state index in [9.17, 15) is 4.79 Å². The maximum Gasteiger partial charge on any atom is 0.339 e. The molecule has 17 heavy (non-hydrogen) atoms. The molecule has 0 aliphatic heterocycles. The van der Waals surface area contributed by atoms with Crippen molar-refractivity contribution in [1.82, 2.24) is 0 Å². The Morgan fingerprint density at radius 3 is 2.82 bits per heavy atom. The fraction of sp³-hybridized carbons (Fsp3) is 0.250. The molecule has 2 rings (SSSR count). The summed E-state index contributed by atoms with van der Waals surface area (Å²) in [5.41, 5.74) is 5.51. The lowest BCUT2D eigenvalue weighted by Gasteiger charge is -2.07. The van der Waals surface area contributed by atoms with Crippen LogP contribution in [-0.2, 0) is 0 Å². The van der Waals surface area contributed by atoms with Gasteiger partial charge in [0.1, 0.15) is 11.3 Å². The Kier molecular flexibility index (Phi) is 5.00. The fourth-order valence-electron chi connectivity index (χ4n) is 1.47. The summed E-state index contributed by atoms with van der Waals surface area (Å²) in [5.74, 6) is 0.556. The zero-order valence-electron chi connectivity index (χ0n) is 9.22. The molecule has 1 aromatic carbocycles. The Hall–Kier alpha value is -1.52. The van der Waals surface area contributed by atoms with E-state index < -0.39 is 5.63 Å². The molecule has 1 aromatic heterocycles. The van der Waals surface area contributed by atoms with E-state index >= 15 is 0 Å². The minimum atomic E-state index is -0.401. The quantitative estimate of drug-likeness (QED) is 0.670. The van der Waals surface area contributed by atoms with Crippen LogP contribution in [0.3, 0.4) is 0 Å². The van der Waals surface area contributed by atoms with Crippen molar-refractivity contribution in [1.29, 1.82) is 0 Å². The summed E-state index contributed by atoms with van der Waals surface area (Å²) < 4.78 is 10.5. The Labute approximate surface area is 105 Å². The normalized spacial score (nSPS) is 9.94. The average Bonchev–Trinajstić information content (AvgIpc) is 2.29. The predicted octanol–water partition coefficient (Wildman–Crippen LogP) is 1.94. The second-order valence-corrected chi connectivity index (χ2v) is 3.42. The molecule has 0 saturated heterocycles. The average molecular weight is 256 g/mol. The maximum absolute atomic E-state index is 11.3. The highest BCUT2D eigenvalue weighted by atomic mass is 35.5. The van der Waals surface area contributed by atoms with Gasteiger partial charge in [-0.2, -0.15) is 0 Å². The summed E-state index contributed by atoms with van der Waals surface area (Å²) in [6.45, 7) is 1.07. The largest absolute Gasteiger partial charge is 0.492 e. The van der Waals surface area contributed by atoms with Gasteiger partial charge in [-0.1, -0.05) is 12.1 Å². The third-order valence-electron chi connectivity index (χ3n) is 2.22. The molecule has 0 saturated carbocycles. The number of rotatable bonds is 4. The van der Waals surface area contributed by atoms with Crippen molar-refractivity contribution in [2.75, 3.05) is 13.2 Å². The third-order valence-corrected chi connectivity index (χ3v) is 2.22. The summed E-state index contributed by atoms with van der Waals surface area (Å²) in [5, 5.41) is 0.805. The van der Waals surface area contributed by atoms with Crippen LogP contribution in [0.25, 0.3) is 11.0 Å². The molecular formula is C12H14ClNO3. The molecule has 0 unspecified atom stereocenters. The van der Waals surface area contributed by atoms with Crippen LogP contribution in [-0.4, -0.2) is 13.2 Å². The number of hydrogen-bond donors (Lipinski definition) is 1. The standard InChI is InChI=1S/C12H13NO3.ClH/c13-6-3-7-15-11-8-12(14)16-10-5-2-1-4-9(10)11;/h1-2,4-5,8H,3,6-7,13H2;1H. The molecule has 0 aliphatic rings. The summed E-state index contributed by atoms with van der Waals surface area (Å²) in [7, 11) is 0. The van der Waals surface area contributed by atoms with Gasteiger partial charge >= 0.3 is 5.63 Å². The van der Waals surface area contributed by atoms with Crippen LogP contribution in [0, 0.1) is 0 Å². The molecule has 2 aromatic rings. The van der Waals surface area contributed by atoms with Gasteiger partial charge in [0.2, 0.25) is 0 Å². The van der Waals surface area contributed by atoms with E-state index in [-0.39, 0.29) is 12.4 Å². The van der Waals surface area contributed by atoms with E-state index in [0.29, 0.717) is 24.5 Å². The Morgan fingerprint density at radius 2 is 2.06 bits per heavy atom. The predicted molar refractivity (Wildman–Crippen MR) is 68.9 cm³/mol. The molecule has 92 valence electrons. The van der Waals surface area contributed by atoms with Crippen molar-refractivity contribution in [2.45, 2.75) is 6.42 Å². The number of hydrogen-bond acceptors (Lipinski definition) is 4. The number of halogens is 1. The summed E-state index contributed by atoms with van der Waals surface area (Å²) in [4.78, 5) is 11.3. The van der Waals surface area contributed by atoms with Gasteiger partial charge in [0, 0.05) is 0 Å². The summed E-state index contributed by atoms with van der Waals surface area (Å²) in [6, 6.07) is 8.65. The van der Waals surface area contributed by atoms with Crippen LogP contribution in [0.15, 0.2) is 39.5 Å². The lowest BCUT2D eigenvalue weighted by atomic mass is 10.2. The maximum atomic E-state index is 11.3. The second-order valence-electron chi connectivity index (χ2n) is 3.42. The highest BCUT2D eigenvalue weighted by Crippen LogP contribution is 2.23. The summed E-state index contributed by atoms with van der Waals surface area (Å²) in [6.07, 6.45) is 0.758. The smallest absolute Gasteiger partial charge is 0.339 e. The molecule has 0 amide bonds. The number of benzene rings is 1. The van der Waals surface area contributed by atoms with Crippen LogP contribution < -0.4 is 16.1 Å². The van der Waals surface area contributed by atoms with Crippen LogP contribution in [0.5, 0.6) is 5.75 Å². The van der Waals surface area contributed by atoms with Crippen LogP contribution in [0.1, 0.15) is 6.42 Å². The zero-order chi connectivity index (χ0) is 11.4. The lowest BCUT2D eigenvalue weighted by Crippen LogP contribution is -2.07. The minimum Gasteiger partial charge on any atom is -0.492 e. The lowest BCUT2D eigenvalue weighted by molar-refractivity contribution is 0.314. The SMILES string of the molecule is Cl.NCCCOc1cc(=O)oc2ccccc12. The van der Waals surface area contributed by atoms with Gasteiger partial charge in [-0.25, -0.2) is 4.79 Å².